The Balaban J connectivity index is 1.60. The van der Waals surface area contributed by atoms with E-state index in [2.05, 4.69) is 19.1 Å². The molecule has 1 aromatic carbocycles. The summed E-state index contributed by atoms with van der Waals surface area (Å²) in [6.45, 7) is 8.57. The molecule has 5 heteroatoms. The van der Waals surface area contributed by atoms with Crippen LogP contribution in [0.4, 0.5) is 0 Å². The lowest BCUT2D eigenvalue weighted by molar-refractivity contribution is -1.03. The second-order valence-electron chi connectivity index (χ2n) is 7.99. The second-order valence-corrected chi connectivity index (χ2v) is 7.99. The van der Waals surface area contributed by atoms with Crippen molar-refractivity contribution in [3.63, 3.8) is 0 Å². The first-order valence-electron chi connectivity index (χ1n) is 10.1. The third-order valence-corrected chi connectivity index (χ3v) is 6.41. The fourth-order valence-electron chi connectivity index (χ4n) is 4.92. The van der Waals surface area contributed by atoms with Gasteiger partial charge < -0.3 is 24.0 Å². The van der Waals surface area contributed by atoms with Gasteiger partial charge in [0, 0.05) is 11.5 Å². The Bertz CT molecular complexity index is 560. The van der Waals surface area contributed by atoms with Crippen molar-refractivity contribution in [3.8, 4) is 17.2 Å². The quantitative estimate of drug-likeness (QED) is 0.775. The number of benzene rings is 1. The largest absolute Gasteiger partial charge is 0.493 e. The lowest BCUT2D eigenvalue weighted by atomic mass is 9.84. The molecule has 0 radical (unpaired) electrons. The number of hydrogen-bond donors (Lipinski definition) is 2. The van der Waals surface area contributed by atoms with Gasteiger partial charge in [0.25, 0.3) is 0 Å². The van der Waals surface area contributed by atoms with Crippen LogP contribution < -0.4 is 24.0 Å². The molecule has 1 saturated carbocycles. The van der Waals surface area contributed by atoms with Gasteiger partial charge in [0.2, 0.25) is 5.75 Å². The highest BCUT2D eigenvalue weighted by atomic mass is 16.5. The van der Waals surface area contributed by atoms with E-state index in [4.69, 9.17) is 14.2 Å². The maximum atomic E-state index is 5.50. The normalized spacial score (nSPS) is 29.2. The molecule has 0 aromatic heterocycles. The van der Waals surface area contributed by atoms with Crippen LogP contribution in [0, 0.1) is 5.92 Å². The van der Waals surface area contributed by atoms with E-state index >= 15 is 0 Å². The van der Waals surface area contributed by atoms with Crippen LogP contribution in [0.1, 0.15) is 38.2 Å². The van der Waals surface area contributed by atoms with Crippen molar-refractivity contribution in [2.24, 2.45) is 5.92 Å². The summed E-state index contributed by atoms with van der Waals surface area (Å²) in [4.78, 5) is 3.51. The first kappa shape index (κ1) is 19.3. The molecule has 0 amide bonds. The van der Waals surface area contributed by atoms with Gasteiger partial charge in [0.05, 0.1) is 27.4 Å². The van der Waals surface area contributed by atoms with E-state index in [1.807, 2.05) is 4.90 Å². The molecule has 1 aromatic rings. The van der Waals surface area contributed by atoms with Crippen molar-refractivity contribution in [1.29, 1.82) is 0 Å². The summed E-state index contributed by atoms with van der Waals surface area (Å²) in [5.74, 6) is 3.08. The Morgan fingerprint density at radius 2 is 1.50 bits per heavy atom. The zero-order chi connectivity index (χ0) is 18.5. The Labute approximate surface area is 158 Å². The fourth-order valence-corrected chi connectivity index (χ4v) is 4.92. The number of ether oxygens (including phenoxy) is 3. The molecule has 146 valence electrons. The molecule has 2 N–H and O–H groups in total. The van der Waals surface area contributed by atoms with Gasteiger partial charge in [-0.15, -0.1) is 0 Å². The van der Waals surface area contributed by atoms with Gasteiger partial charge in [-0.2, -0.15) is 0 Å². The van der Waals surface area contributed by atoms with E-state index in [1.54, 1.807) is 26.2 Å². The van der Waals surface area contributed by atoms with Crippen molar-refractivity contribution < 1.29 is 24.0 Å². The molecule has 5 nitrogen and oxygen atoms in total. The molecule has 26 heavy (non-hydrogen) atoms. The number of quaternary nitrogens is 2. The lowest BCUT2D eigenvalue weighted by Crippen LogP contribution is -3.29. The molecule has 2 aliphatic rings. The van der Waals surface area contributed by atoms with Crippen LogP contribution in [-0.4, -0.2) is 53.6 Å². The number of hydrogen-bond acceptors (Lipinski definition) is 3. The Hall–Kier alpha value is -1.46. The minimum atomic E-state index is 0.675. The van der Waals surface area contributed by atoms with E-state index in [-0.39, 0.29) is 0 Å². The average Bonchev–Trinajstić information content (AvgIpc) is 2.68. The standard InChI is InChI=1S/C21H34N2O3/c1-16-7-5-6-8-18(16)23-11-9-22(10-12-23)15-17-13-19(24-2)21(26-4)20(14-17)25-3/h13-14,16,18H,5-12,15H2,1-4H3/p+2/t16-,18+/m0/s1. The van der Waals surface area contributed by atoms with Gasteiger partial charge in [-0.05, 0) is 31.4 Å². The predicted molar refractivity (Wildman–Crippen MR) is 103 cm³/mol. The van der Waals surface area contributed by atoms with Gasteiger partial charge >= 0.3 is 0 Å². The monoisotopic (exact) mass is 364 g/mol. The summed E-state index contributed by atoms with van der Waals surface area (Å²) in [6.07, 6.45) is 5.72. The van der Waals surface area contributed by atoms with E-state index < -0.39 is 0 Å². The van der Waals surface area contributed by atoms with Crippen molar-refractivity contribution in [2.45, 2.75) is 45.2 Å². The Morgan fingerprint density at radius 3 is 2.04 bits per heavy atom. The summed E-state index contributed by atoms with van der Waals surface area (Å²) >= 11 is 0. The number of rotatable bonds is 6. The zero-order valence-electron chi connectivity index (χ0n) is 16.9. The topological polar surface area (TPSA) is 36.6 Å². The second kappa shape index (κ2) is 8.96. The van der Waals surface area contributed by atoms with Crippen LogP contribution in [0.15, 0.2) is 12.1 Å². The van der Waals surface area contributed by atoms with Gasteiger partial charge in [-0.25, -0.2) is 0 Å². The third-order valence-electron chi connectivity index (χ3n) is 6.41. The molecule has 2 atom stereocenters. The van der Waals surface area contributed by atoms with E-state index in [9.17, 15) is 0 Å². The van der Waals surface area contributed by atoms with Crippen molar-refractivity contribution in [1.82, 2.24) is 0 Å². The summed E-state index contributed by atoms with van der Waals surface area (Å²) in [5, 5.41) is 0. The average molecular weight is 365 g/mol. The molecule has 1 saturated heterocycles. The molecule has 0 spiro atoms. The molecule has 3 rings (SSSR count). The first-order valence-corrected chi connectivity index (χ1v) is 10.1. The molecule has 1 aliphatic heterocycles. The van der Waals surface area contributed by atoms with E-state index in [0.717, 1.165) is 30.0 Å². The molecule has 0 bridgehead atoms. The summed E-state index contributed by atoms with van der Waals surface area (Å²) in [7, 11) is 5.02. The molecule has 2 fully saturated rings. The van der Waals surface area contributed by atoms with Crippen molar-refractivity contribution in [3.05, 3.63) is 17.7 Å². The highest BCUT2D eigenvalue weighted by Crippen LogP contribution is 2.38. The number of nitrogens with one attached hydrogen (secondary N) is 2. The van der Waals surface area contributed by atoms with Gasteiger partial charge in [0.1, 0.15) is 32.7 Å². The number of piperazine rings is 1. The highest BCUT2D eigenvalue weighted by molar-refractivity contribution is 5.53. The van der Waals surface area contributed by atoms with Crippen molar-refractivity contribution in [2.75, 3.05) is 47.5 Å². The molecule has 0 unspecified atom stereocenters. The highest BCUT2D eigenvalue weighted by Gasteiger charge is 2.34. The van der Waals surface area contributed by atoms with Crippen molar-refractivity contribution >= 4 is 0 Å². The van der Waals surface area contributed by atoms with Gasteiger partial charge in [0.15, 0.2) is 11.5 Å². The third kappa shape index (κ3) is 4.26. The lowest BCUT2D eigenvalue weighted by Gasteiger charge is -2.39. The Kier molecular flexibility index (Phi) is 6.65. The molecule has 1 heterocycles. The van der Waals surface area contributed by atoms with Crippen LogP contribution >= 0.6 is 0 Å². The van der Waals surface area contributed by atoms with Gasteiger partial charge in [-0.1, -0.05) is 13.3 Å². The minimum absolute atomic E-state index is 0.675. The summed E-state index contributed by atoms with van der Waals surface area (Å²) in [5.41, 5.74) is 1.25. The maximum Gasteiger partial charge on any atom is 0.203 e. The van der Waals surface area contributed by atoms with Gasteiger partial charge in [-0.3, -0.25) is 0 Å². The fraction of sp³-hybridized carbons (Fsp3) is 0.714. The molecular formula is C21H36N2O3+2. The zero-order valence-corrected chi connectivity index (χ0v) is 16.9. The van der Waals surface area contributed by atoms with Crippen LogP contribution in [0.5, 0.6) is 17.2 Å². The first-order chi connectivity index (χ1) is 12.7. The van der Waals surface area contributed by atoms with E-state index in [0.29, 0.717) is 5.75 Å². The van der Waals surface area contributed by atoms with Crippen LogP contribution in [0.25, 0.3) is 0 Å². The number of methoxy groups -OCH3 is 3. The molecular weight excluding hydrogens is 328 g/mol. The molecule has 1 aliphatic carbocycles. The Morgan fingerprint density at radius 1 is 0.885 bits per heavy atom. The summed E-state index contributed by atoms with van der Waals surface area (Å²) in [6, 6.07) is 5.08. The van der Waals surface area contributed by atoms with Crippen LogP contribution in [0.3, 0.4) is 0 Å². The maximum absolute atomic E-state index is 5.50. The minimum Gasteiger partial charge on any atom is -0.493 e. The van der Waals surface area contributed by atoms with Crippen LogP contribution in [0.2, 0.25) is 0 Å². The predicted octanol–water partition coefficient (Wildman–Crippen LogP) is 0.575. The van der Waals surface area contributed by atoms with E-state index in [1.165, 1.54) is 57.4 Å². The van der Waals surface area contributed by atoms with Crippen LogP contribution in [-0.2, 0) is 6.54 Å². The summed E-state index contributed by atoms with van der Waals surface area (Å²) < 4.78 is 16.4. The smallest absolute Gasteiger partial charge is 0.203 e. The SMILES string of the molecule is COc1cc(C[NH+]2CC[NH+]([C@@H]3CCCC[C@@H]3C)CC2)cc(OC)c1OC.